The molecule has 0 atom stereocenters. The molecule has 5 aromatic rings. The van der Waals surface area contributed by atoms with E-state index in [1.807, 2.05) is 61.5 Å². The van der Waals surface area contributed by atoms with Crippen LogP contribution in [-0.2, 0) is 14.1 Å². The fourth-order valence-corrected chi connectivity index (χ4v) is 3.58. The number of rotatable bonds is 3. The van der Waals surface area contributed by atoms with Crippen LogP contribution >= 0.6 is 0 Å². The molecule has 3 aromatic heterocycles. The number of aromatic amines is 1. The molecule has 0 saturated carbocycles. The number of nitrogens with zero attached hydrogens (tertiary/aromatic N) is 6. The average molecular weight is 413 g/mol. The number of hydrogen-bond acceptors (Lipinski definition) is 5. The molecule has 0 unspecified atom stereocenters. The summed E-state index contributed by atoms with van der Waals surface area (Å²) in [7, 11) is 3.03. The van der Waals surface area contributed by atoms with Crippen LogP contribution in [0.3, 0.4) is 0 Å². The van der Waals surface area contributed by atoms with Gasteiger partial charge in [0.25, 0.3) is 5.56 Å². The Morgan fingerprint density at radius 3 is 2.32 bits per heavy atom. The molecule has 5 rings (SSSR count). The minimum Gasteiger partial charge on any atom is -0.321 e. The van der Waals surface area contributed by atoms with Crippen molar-refractivity contribution in [1.29, 1.82) is 0 Å². The van der Waals surface area contributed by atoms with Crippen molar-refractivity contribution in [3.8, 4) is 11.3 Å². The van der Waals surface area contributed by atoms with Crippen LogP contribution in [0.15, 0.2) is 74.4 Å². The quantitative estimate of drug-likeness (QED) is 0.457. The molecule has 2 aromatic carbocycles. The lowest BCUT2D eigenvalue weighted by atomic mass is 10.1. The average Bonchev–Trinajstić information content (AvgIpc) is 3.33. The van der Waals surface area contributed by atoms with Crippen molar-refractivity contribution in [3.05, 3.63) is 81.0 Å². The highest BCUT2D eigenvalue weighted by Gasteiger charge is 2.22. The number of imidazole rings is 2. The van der Waals surface area contributed by atoms with E-state index in [1.165, 1.54) is 11.6 Å². The van der Waals surface area contributed by atoms with Crippen molar-refractivity contribution in [2.24, 2.45) is 24.3 Å². The summed E-state index contributed by atoms with van der Waals surface area (Å²) in [6, 6.07) is 17.3. The van der Waals surface area contributed by atoms with Gasteiger partial charge in [-0.25, -0.2) is 4.79 Å². The maximum atomic E-state index is 13.0. The summed E-state index contributed by atoms with van der Waals surface area (Å²) in [5, 5.41) is 8.88. The number of aromatic nitrogens is 5. The molecular formula is C22H19N7O2. The summed E-state index contributed by atoms with van der Waals surface area (Å²) in [4.78, 5) is 33.1. The molecule has 3 heterocycles. The molecule has 0 amide bonds. The zero-order valence-corrected chi connectivity index (χ0v) is 17.2. The smallest absolute Gasteiger partial charge is 0.321 e. The molecule has 0 aliphatic carbocycles. The van der Waals surface area contributed by atoms with Gasteiger partial charge in [0.05, 0.1) is 11.4 Å². The Morgan fingerprint density at radius 1 is 0.903 bits per heavy atom. The first-order chi connectivity index (χ1) is 15.0. The second kappa shape index (κ2) is 6.91. The molecule has 9 heteroatoms. The summed E-state index contributed by atoms with van der Waals surface area (Å²) in [6.07, 6.45) is 0. The van der Waals surface area contributed by atoms with Gasteiger partial charge in [0.15, 0.2) is 17.0 Å². The number of hydrogen-bond donors (Lipinski definition) is 1. The molecule has 31 heavy (non-hydrogen) atoms. The number of aryl methyl sites for hydroxylation is 2. The van der Waals surface area contributed by atoms with Crippen LogP contribution in [0.1, 0.15) is 5.56 Å². The van der Waals surface area contributed by atoms with Crippen molar-refractivity contribution in [2.75, 3.05) is 0 Å². The molecule has 1 N–H and O–H groups in total. The third-order valence-corrected chi connectivity index (χ3v) is 5.29. The zero-order chi connectivity index (χ0) is 21.7. The number of nitrogens with one attached hydrogen (secondary N) is 1. The van der Waals surface area contributed by atoms with Gasteiger partial charge in [0, 0.05) is 19.7 Å². The highest BCUT2D eigenvalue weighted by Crippen LogP contribution is 2.33. The van der Waals surface area contributed by atoms with Crippen molar-refractivity contribution >= 4 is 28.4 Å². The molecule has 0 saturated heterocycles. The van der Waals surface area contributed by atoms with E-state index in [0.29, 0.717) is 23.0 Å². The topological polar surface area (TPSA) is 102 Å². The van der Waals surface area contributed by atoms with Crippen molar-refractivity contribution in [2.45, 2.75) is 6.92 Å². The SMILES string of the molecule is Cc1ccc(N=Nc2c(-c3ccccc3)[nH]c3nc4c(c(=O)n(C)c(=O)n4C)n23)cc1. The fourth-order valence-electron chi connectivity index (χ4n) is 3.58. The predicted molar refractivity (Wildman–Crippen MR) is 118 cm³/mol. The van der Waals surface area contributed by atoms with Gasteiger partial charge in [-0.15, -0.1) is 10.2 Å². The summed E-state index contributed by atoms with van der Waals surface area (Å²) < 4.78 is 4.03. The maximum absolute atomic E-state index is 13.0. The van der Waals surface area contributed by atoms with Gasteiger partial charge in [-0.3, -0.25) is 18.3 Å². The van der Waals surface area contributed by atoms with Crippen LogP contribution in [0, 0.1) is 6.92 Å². The lowest BCUT2D eigenvalue weighted by Gasteiger charge is -2.04. The third-order valence-electron chi connectivity index (χ3n) is 5.29. The van der Waals surface area contributed by atoms with E-state index in [4.69, 9.17) is 0 Å². The normalized spacial score (nSPS) is 11.8. The molecule has 0 spiro atoms. The minimum absolute atomic E-state index is 0.260. The van der Waals surface area contributed by atoms with Gasteiger partial charge in [0.1, 0.15) is 0 Å². The summed E-state index contributed by atoms with van der Waals surface area (Å²) in [5.74, 6) is 0.838. The monoisotopic (exact) mass is 413 g/mol. The second-order valence-electron chi connectivity index (χ2n) is 7.37. The van der Waals surface area contributed by atoms with Crippen LogP contribution < -0.4 is 11.2 Å². The molecule has 0 radical (unpaired) electrons. The van der Waals surface area contributed by atoms with Gasteiger partial charge in [-0.05, 0) is 19.1 Å². The van der Waals surface area contributed by atoms with Crippen molar-refractivity contribution in [3.63, 3.8) is 0 Å². The zero-order valence-electron chi connectivity index (χ0n) is 17.2. The van der Waals surface area contributed by atoms with Crippen LogP contribution in [0.4, 0.5) is 11.5 Å². The summed E-state index contributed by atoms with van der Waals surface area (Å²) in [6.45, 7) is 2.00. The van der Waals surface area contributed by atoms with E-state index in [-0.39, 0.29) is 11.2 Å². The third kappa shape index (κ3) is 2.90. The number of fused-ring (bicyclic) bond motifs is 3. The van der Waals surface area contributed by atoms with E-state index < -0.39 is 11.2 Å². The molecule has 154 valence electrons. The molecular weight excluding hydrogens is 394 g/mol. The Labute approximate surface area is 175 Å². The molecule has 9 nitrogen and oxygen atoms in total. The van der Waals surface area contributed by atoms with Crippen LogP contribution in [0.2, 0.25) is 0 Å². The first-order valence-electron chi connectivity index (χ1n) is 9.69. The standard InChI is InChI=1S/C22H19N7O2/c1-13-9-11-15(12-10-13)25-26-18-16(14-7-5-4-6-8-14)23-21-24-19-17(29(18)21)20(30)28(3)22(31)27(19)2/h4-12H,1-3H3,(H,23,24). The predicted octanol–water partition coefficient (Wildman–Crippen LogP) is 3.60. The highest BCUT2D eigenvalue weighted by molar-refractivity contribution is 5.83. The number of benzene rings is 2. The Bertz CT molecular complexity index is 1580. The highest BCUT2D eigenvalue weighted by atomic mass is 16.2. The lowest BCUT2D eigenvalue weighted by Crippen LogP contribution is -2.37. The molecule has 0 fully saturated rings. The van der Waals surface area contributed by atoms with Crippen molar-refractivity contribution in [1.82, 2.24) is 23.5 Å². The summed E-state index contributed by atoms with van der Waals surface area (Å²) >= 11 is 0. The van der Waals surface area contributed by atoms with Crippen LogP contribution in [0.25, 0.3) is 28.2 Å². The minimum atomic E-state index is -0.448. The van der Waals surface area contributed by atoms with Crippen LogP contribution in [-0.4, -0.2) is 23.5 Å². The Hall–Kier alpha value is -4.27. The molecule has 0 aliphatic rings. The van der Waals surface area contributed by atoms with Crippen LogP contribution in [0.5, 0.6) is 0 Å². The lowest BCUT2D eigenvalue weighted by molar-refractivity contribution is 0.708. The van der Waals surface area contributed by atoms with Gasteiger partial charge >= 0.3 is 5.69 Å². The van der Waals surface area contributed by atoms with E-state index in [0.717, 1.165) is 15.7 Å². The van der Waals surface area contributed by atoms with E-state index in [2.05, 4.69) is 20.2 Å². The Kier molecular flexibility index (Phi) is 4.18. The van der Waals surface area contributed by atoms with E-state index in [1.54, 1.807) is 11.4 Å². The maximum Gasteiger partial charge on any atom is 0.332 e. The van der Waals surface area contributed by atoms with Crippen molar-refractivity contribution < 1.29 is 0 Å². The number of azo groups is 1. The second-order valence-corrected chi connectivity index (χ2v) is 7.37. The van der Waals surface area contributed by atoms with Gasteiger partial charge < -0.3 is 4.98 Å². The Balaban J connectivity index is 1.85. The Morgan fingerprint density at radius 2 is 1.61 bits per heavy atom. The first-order valence-corrected chi connectivity index (χ1v) is 9.69. The molecule has 0 aliphatic heterocycles. The van der Waals surface area contributed by atoms with E-state index in [9.17, 15) is 9.59 Å². The van der Waals surface area contributed by atoms with E-state index >= 15 is 0 Å². The van der Waals surface area contributed by atoms with Gasteiger partial charge in [-0.1, -0.05) is 48.0 Å². The van der Waals surface area contributed by atoms with Gasteiger partial charge in [-0.2, -0.15) is 4.98 Å². The first kappa shape index (κ1) is 18.7. The van der Waals surface area contributed by atoms with Gasteiger partial charge in [0.2, 0.25) is 5.78 Å². The molecule has 0 bridgehead atoms. The fraction of sp³-hybridized carbons (Fsp3) is 0.136. The number of H-pyrrole nitrogens is 1. The summed E-state index contributed by atoms with van der Waals surface area (Å²) in [5.41, 5.74) is 3.01. The largest absolute Gasteiger partial charge is 0.332 e.